The summed E-state index contributed by atoms with van der Waals surface area (Å²) in [5.74, 6) is -2.12. The lowest BCUT2D eigenvalue weighted by Crippen LogP contribution is -2.56. The van der Waals surface area contributed by atoms with E-state index < -0.39 is 23.5 Å². The van der Waals surface area contributed by atoms with Crippen LogP contribution < -0.4 is 0 Å². The number of alkyl halides is 1. The Bertz CT molecular complexity index is 295. The van der Waals surface area contributed by atoms with Crippen molar-refractivity contribution in [1.82, 2.24) is 9.80 Å². The molecular weight excluding hydrogens is 215 g/mol. The Labute approximate surface area is 84.4 Å². The minimum absolute atomic E-state index is 0.0271. The standard InChI is InChI=1S/C7H8ClFN2O3/c1-4(9)10-2-3-11(7(8)14)6(13)5(10)12/h4H,2-3H2,1H3. The minimum atomic E-state index is -1.54. The number of imide groups is 1. The number of nitrogens with zero attached hydrogens (tertiary/aromatic N) is 2. The second-order valence-electron chi connectivity index (χ2n) is 2.78. The van der Waals surface area contributed by atoms with Gasteiger partial charge in [-0.15, -0.1) is 0 Å². The average molecular weight is 223 g/mol. The number of carbonyl (C=O) groups excluding carboxylic acids is 3. The predicted octanol–water partition coefficient (Wildman–Crippen LogP) is 0.332. The van der Waals surface area contributed by atoms with Crippen LogP contribution in [0, 0.1) is 0 Å². The van der Waals surface area contributed by atoms with Gasteiger partial charge in [0.15, 0.2) is 6.30 Å². The van der Waals surface area contributed by atoms with E-state index in [2.05, 4.69) is 0 Å². The monoisotopic (exact) mass is 222 g/mol. The molecule has 5 nitrogen and oxygen atoms in total. The highest BCUT2D eigenvalue weighted by Crippen LogP contribution is 2.11. The number of piperazine rings is 1. The summed E-state index contributed by atoms with van der Waals surface area (Å²) in [7, 11) is 0. The lowest BCUT2D eigenvalue weighted by molar-refractivity contribution is -0.157. The van der Waals surface area contributed by atoms with Crippen LogP contribution in [0.5, 0.6) is 0 Å². The fraction of sp³-hybridized carbons (Fsp3) is 0.571. The molecule has 1 saturated heterocycles. The highest BCUT2D eigenvalue weighted by Gasteiger charge is 2.37. The predicted molar refractivity (Wildman–Crippen MR) is 45.2 cm³/mol. The van der Waals surface area contributed by atoms with Gasteiger partial charge in [0.2, 0.25) is 0 Å². The maximum absolute atomic E-state index is 12.8. The molecule has 1 aliphatic heterocycles. The molecule has 0 spiro atoms. The molecule has 0 bridgehead atoms. The van der Waals surface area contributed by atoms with Crippen LogP contribution in [0.1, 0.15) is 6.92 Å². The summed E-state index contributed by atoms with van der Waals surface area (Å²) in [4.78, 5) is 34.3. The maximum atomic E-state index is 12.8. The van der Waals surface area contributed by atoms with Crippen LogP contribution in [0.3, 0.4) is 0 Å². The number of hydrogen-bond donors (Lipinski definition) is 0. The summed E-state index contributed by atoms with van der Waals surface area (Å²) >= 11 is 5.05. The molecule has 1 heterocycles. The first-order valence-corrected chi connectivity index (χ1v) is 4.29. The topological polar surface area (TPSA) is 57.7 Å². The van der Waals surface area contributed by atoms with Gasteiger partial charge in [0, 0.05) is 13.1 Å². The molecule has 78 valence electrons. The molecule has 0 aromatic rings. The Hall–Kier alpha value is -1.17. The molecular formula is C7H8ClFN2O3. The van der Waals surface area contributed by atoms with Crippen molar-refractivity contribution in [1.29, 1.82) is 0 Å². The van der Waals surface area contributed by atoms with Crippen molar-refractivity contribution in [3.8, 4) is 0 Å². The quantitative estimate of drug-likeness (QED) is 0.365. The molecule has 3 amide bonds. The van der Waals surface area contributed by atoms with Crippen molar-refractivity contribution in [2.45, 2.75) is 13.2 Å². The Morgan fingerprint density at radius 2 is 2.00 bits per heavy atom. The molecule has 0 aliphatic carbocycles. The molecule has 0 radical (unpaired) electrons. The van der Waals surface area contributed by atoms with Gasteiger partial charge in [0.1, 0.15) is 0 Å². The largest absolute Gasteiger partial charge is 0.323 e. The van der Waals surface area contributed by atoms with E-state index in [1.54, 1.807) is 0 Å². The minimum Gasteiger partial charge on any atom is -0.303 e. The first-order chi connectivity index (χ1) is 6.45. The van der Waals surface area contributed by atoms with Crippen LogP contribution in [0.25, 0.3) is 0 Å². The van der Waals surface area contributed by atoms with Crippen molar-refractivity contribution in [3.05, 3.63) is 0 Å². The number of carbonyl (C=O) groups is 3. The van der Waals surface area contributed by atoms with Crippen LogP contribution >= 0.6 is 11.6 Å². The molecule has 1 atom stereocenters. The van der Waals surface area contributed by atoms with Crippen LogP contribution in [0.15, 0.2) is 0 Å². The fourth-order valence-electron chi connectivity index (χ4n) is 1.16. The van der Waals surface area contributed by atoms with Gasteiger partial charge in [-0.25, -0.2) is 4.39 Å². The van der Waals surface area contributed by atoms with Gasteiger partial charge in [-0.1, -0.05) is 0 Å². The van der Waals surface area contributed by atoms with E-state index in [9.17, 15) is 18.8 Å². The summed E-state index contributed by atoms with van der Waals surface area (Å²) < 4.78 is 12.8. The smallest absolute Gasteiger partial charge is 0.303 e. The summed E-state index contributed by atoms with van der Waals surface area (Å²) in [5.41, 5.74) is 0. The highest BCUT2D eigenvalue weighted by atomic mass is 35.5. The van der Waals surface area contributed by atoms with Gasteiger partial charge in [0.25, 0.3) is 0 Å². The van der Waals surface area contributed by atoms with Crippen LogP contribution in [0.2, 0.25) is 0 Å². The van der Waals surface area contributed by atoms with Gasteiger partial charge in [-0.3, -0.25) is 19.3 Å². The van der Waals surface area contributed by atoms with Crippen molar-refractivity contribution in [2.24, 2.45) is 0 Å². The average Bonchev–Trinajstić information content (AvgIpc) is 2.08. The van der Waals surface area contributed by atoms with E-state index in [-0.39, 0.29) is 13.1 Å². The van der Waals surface area contributed by atoms with E-state index >= 15 is 0 Å². The molecule has 1 unspecified atom stereocenters. The second-order valence-corrected chi connectivity index (χ2v) is 3.11. The first-order valence-electron chi connectivity index (χ1n) is 3.91. The normalized spacial score (nSPS) is 19.9. The third-order valence-electron chi connectivity index (χ3n) is 1.90. The number of rotatable bonds is 1. The zero-order chi connectivity index (χ0) is 10.9. The van der Waals surface area contributed by atoms with Gasteiger partial charge >= 0.3 is 17.2 Å². The third-order valence-corrected chi connectivity index (χ3v) is 2.10. The Morgan fingerprint density at radius 3 is 2.43 bits per heavy atom. The SMILES string of the molecule is CC(F)N1CCN(C(=O)Cl)C(=O)C1=O. The fourth-order valence-corrected chi connectivity index (χ4v) is 1.32. The molecule has 1 aliphatic rings. The molecule has 1 rings (SSSR count). The van der Waals surface area contributed by atoms with Crippen molar-refractivity contribution in [3.63, 3.8) is 0 Å². The summed E-state index contributed by atoms with van der Waals surface area (Å²) in [6.45, 7) is 1.05. The molecule has 7 heteroatoms. The first kappa shape index (κ1) is 10.9. The number of hydrogen-bond acceptors (Lipinski definition) is 3. The van der Waals surface area contributed by atoms with Gasteiger partial charge in [-0.2, -0.15) is 0 Å². The zero-order valence-electron chi connectivity index (χ0n) is 7.37. The molecule has 14 heavy (non-hydrogen) atoms. The molecule has 0 saturated carbocycles. The van der Waals surface area contributed by atoms with E-state index in [1.165, 1.54) is 0 Å². The van der Waals surface area contributed by atoms with Crippen molar-refractivity contribution < 1.29 is 18.8 Å². The van der Waals surface area contributed by atoms with E-state index in [1.807, 2.05) is 0 Å². The van der Waals surface area contributed by atoms with E-state index in [0.29, 0.717) is 4.90 Å². The lowest BCUT2D eigenvalue weighted by atomic mass is 10.3. The van der Waals surface area contributed by atoms with Gasteiger partial charge in [0.05, 0.1) is 0 Å². The second kappa shape index (κ2) is 3.91. The number of amides is 3. The third kappa shape index (κ3) is 1.84. The maximum Gasteiger partial charge on any atom is 0.323 e. The zero-order valence-corrected chi connectivity index (χ0v) is 8.12. The molecule has 0 aromatic carbocycles. The Kier molecular flexibility index (Phi) is 3.05. The van der Waals surface area contributed by atoms with Crippen molar-refractivity contribution >= 4 is 28.8 Å². The summed E-state index contributed by atoms with van der Waals surface area (Å²) in [6, 6.07) is 0. The van der Waals surface area contributed by atoms with Crippen LogP contribution in [-0.4, -0.2) is 46.4 Å². The van der Waals surface area contributed by atoms with Crippen LogP contribution in [-0.2, 0) is 9.59 Å². The van der Waals surface area contributed by atoms with Gasteiger partial charge < -0.3 is 4.90 Å². The summed E-state index contributed by atoms with van der Waals surface area (Å²) in [6.07, 6.45) is -1.54. The van der Waals surface area contributed by atoms with E-state index in [4.69, 9.17) is 11.6 Å². The highest BCUT2D eigenvalue weighted by molar-refractivity contribution is 6.65. The van der Waals surface area contributed by atoms with E-state index in [0.717, 1.165) is 11.8 Å². The number of halogens is 2. The molecule has 0 N–H and O–H groups in total. The molecule has 0 aromatic heterocycles. The Balaban J connectivity index is 2.80. The van der Waals surface area contributed by atoms with Gasteiger partial charge in [-0.05, 0) is 18.5 Å². The Morgan fingerprint density at radius 1 is 1.43 bits per heavy atom. The summed E-state index contributed by atoms with van der Waals surface area (Å²) in [5, 5.41) is -1.02. The van der Waals surface area contributed by atoms with Crippen molar-refractivity contribution in [2.75, 3.05) is 13.1 Å². The lowest BCUT2D eigenvalue weighted by Gasteiger charge is -2.31. The van der Waals surface area contributed by atoms with Crippen LogP contribution in [0.4, 0.5) is 9.18 Å². The molecule has 1 fully saturated rings.